The molecule has 0 spiro atoms. The Kier molecular flexibility index (Phi) is 6.03. The molecule has 3 heterocycles. The summed E-state index contributed by atoms with van der Waals surface area (Å²) in [5, 5.41) is 3.33. The topological polar surface area (TPSA) is 55.9 Å². The van der Waals surface area contributed by atoms with Crippen LogP contribution >= 0.6 is 15.9 Å². The third-order valence-corrected chi connectivity index (χ3v) is 4.28. The summed E-state index contributed by atoms with van der Waals surface area (Å²) in [4.78, 5) is 6.85. The zero-order valence-electron chi connectivity index (χ0n) is 12.6. The van der Waals surface area contributed by atoms with Crippen LogP contribution in [0.5, 0.6) is 5.75 Å². The Morgan fingerprint density at radius 3 is 3.00 bits per heavy atom. The van der Waals surface area contributed by atoms with Gasteiger partial charge in [-0.05, 0) is 22.0 Å². The fourth-order valence-corrected chi connectivity index (χ4v) is 2.95. The summed E-state index contributed by atoms with van der Waals surface area (Å²) in [5.74, 6) is 0.802. The Morgan fingerprint density at radius 2 is 2.23 bits per heavy atom. The Balaban J connectivity index is 1.59. The molecule has 1 N–H and O–H groups in total. The van der Waals surface area contributed by atoms with Crippen LogP contribution in [0.2, 0.25) is 0 Å². The molecule has 0 radical (unpaired) electrons. The highest BCUT2D eigenvalue weighted by Gasteiger charge is 2.22. The summed E-state index contributed by atoms with van der Waals surface area (Å²) < 4.78 is 18.1. The highest BCUT2D eigenvalue weighted by molar-refractivity contribution is 9.10. The maximum atomic E-state index is 5.99. The molecule has 1 aromatic rings. The molecule has 0 bridgehead atoms. The van der Waals surface area contributed by atoms with Crippen LogP contribution < -0.4 is 10.1 Å². The lowest BCUT2D eigenvalue weighted by molar-refractivity contribution is 0.0211. The first-order chi connectivity index (χ1) is 10.8. The van der Waals surface area contributed by atoms with E-state index in [1.165, 1.54) is 0 Å². The molecule has 7 heteroatoms. The number of nitrogens with one attached hydrogen (secondary N) is 1. The average Bonchev–Trinajstić information content (AvgIpc) is 2.57. The monoisotopic (exact) mass is 371 g/mol. The van der Waals surface area contributed by atoms with Crippen molar-refractivity contribution >= 4 is 15.9 Å². The van der Waals surface area contributed by atoms with Crippen molar-refractivity contribution in [1.82, 2.24) is 15.2 Å². The first kappa shape index (κ1) is 16.1. The van der Waals surface area contributed by atoms with Crippen LogP contribution in [0.1, 0.15) is 11.8 Å². The number of ether oxygens (including phenoxy) is 3. The molecule has 2 saturated heterocycles. The fourth-order valence-electron chi connectivity index (χ4n) is 2.64. The smallest absolute Gasteiger partial charge is 0.144 e. The molecule has 2 aliphatic heterocycles. The van der Waals surface area contributed by atoms with Gasteiger partial charge in [-0.25, -0.2) is 0 Å². The summed E-state index contributed by atoms with van der Waals surface area (Å²) in [7, 11) is 0. The van der Waals surface area contributed by atoms with Crippen LogP contribution in [-0.4, -0.2) is 69.0 Å². The number of rotatable bonds is 5. The molecule has 0 amide bonds. The van der Waals surface area contributed by atoms with E-state index in [9.17, 15) is 0 Å². The largest absolute Gasteiger partial charge is 0.490 e. The summed E-state index contributed by atoms with van der Waals surface area (Å²) in [5.41, 5.74) is 0.873. The first-order valence-electron chi connectivity index (χ1n) is 7.73. The van der Waals surface area contributed by atoms with E-state index in [1.807, 2.05) is 6.07 Å². The molecule has 0 aromatic carbocycles. The Bertz CT molecular complexity index is 477. The van der Waals surface area contributed by atoms with Crippen LogP contribution in [0.15, 0.2) is 16.7 Å². The van der Waals surface area contributed by atoms with E-state index < -0.39 is 0 Å². The van der Waals surface area contributed by atoms with E-state index in [4.69, 9.17) is 14.2 Å². The first-order valence-corrected chi connectivity index (χ1v) is 8.53. The molecule has 1 atom stereocenters. The van der Waals surface area contributed by atoms with Gasteiger partial charge in [0.25, 0.3) is 0 Å². The molecule has 122 valence electrons. The van der Waals surface area contributed by atoms with Crippen LogP contribution in [0, 0.1) is 0 Å². The van der Waals surface area contributed by atoms with Crippen molar-refractivity contribution in [3.05, 3.63) is 22.4 Å². The Hall–Kier alpha value is -0.730. The van der Waals surface area contributed by atoms with E-state index in [1.54, 1.807) is 6.20 Å². The Labute approximate surface area is 139 Å². The third kappa shape index (κ3) is 4.39. The second kappa shape index (κ2) is 8.21. The van der Waals surface area contributed by atoms with Crippen molar-refractivity contribution in [3.8, 4) is 5.75 Å². The summed E-state index contributed by atoms with van der Waals surface area (Å²) in [6.45, 7) is 7.48. The van der Waals surface area contributed by atoms with Crippen molar-refractivity contribution in [2.24, 2.45) is 0 Å². The minimum Gasteiger partial charge on any atom is -0.490 e. The zero-order valence-corrected chi connectivity index (χ0v) is 14.2. The van der Waals surface area contributed by atoms with Gasteiger partial charge in [-0.15, -0.1) is 0 Å². The van der Waals surface area contributed by atoms with Crippen LogP contribution in [0.25, 0.3) is 0 Å². The standard InChI is InChI=1S/C15H22BrN3O3/c16-12-9-13(22-8-4-19-2-6-20-7-3-19)15(18-10-12)14-11-17-1-5-21-14/h9-10,14,17H,1-8,11H2. The van der Waals surface area contributed by atoms with Gasteiger partial charge in [0.15, 0.2) is 0 Å². The van der Waals surface area contributed by atoms with Gasteiger partial charge < -0.3 is 19.5 Å². The minimum absolute atomic E-state index is 0.0414. The molecule has 2 fully saturated rings. The number of pyridine rings is 1. The summed E-state index contributed by atoms with van der Waals surface area (Å²) in [6.07, 6.45) is 1.75. The molecule has 1 unspecified atom stereocenters. The highest BCUT2D eigenvalue weighted by atomic mass is 79.9. The summed E-state index contributed by atoms with van der Waals surface area (Å²) in [6, 6.07) is 1.97. The lowest BCUT2D eigenvalue weighted by atomic mass is 10.2. The Morgan fingerprint density at radius 1 is 1.36 bits per heavy atom. The molecule has 2 aliphatic rings. The average molecular weight is 372 g/mol. The van der Waals surface area contributed by atoms with Gasteiger partial charge in [0.1, 0.15) is 24.2 Å². The molecule has 0 aliphatic carbocycles. The van der Waals surface area contributed by atoms with Gasteiger partial charge in [0.05, 0.1) is 19.8 Å². The predicted molar refractivity (Wildman–Crippen MR) is 86.3 cm³/mol. The maximum absolute atomic E-state index is 5.99. The molecule has 0 saturated carbocycles. The van der Waals surface area contributed by atoms with E-state index in [0.717, 1.165) is 61.9 Å². The molecule has 6 nitrogen and oxygen atoms in total. The molecule has 22 heavy (non-hydrogen) atoms. The second-order valence-corrected chi connectivity index (χ2v) is 6.32. The van der Waals surface area contributed by atoms with Gasteiger partial charge in [0, 0.05) is 43.4 Å². The molecule has 1 aromatic heterocycles. The number of nitrogens with zero attached hydrogens (tertiary/aromatic N) is 2. The van der Waals surface area contributed by atoms with E-state index in [0.29, 0.717) is 13.2 Å². The third-order valence-electron chi connectivity index (χ3n) is 3.85. The van der Waals surface area contributed by atoms with Gasteiger partial charge >= 0.3 is 0 Å². The van der Waals surface area contributed by atoms with Crippen LogP contribution in [0.4, 0.5) is 0 Å². The normalized spacial score (nSPS) is 23.4. The van der Waals surface area contributed by atoms with Crippen LogP contribution in [-0.2, 0) is 9.47 Å². The van der Waals surface area contributed by atoms with E-state index in [-0.39, 0.29) is 6.10 Å². The molecular formula is C15H22BrN3O3. The number of halogens is 1. The van der Waals surface area contributed by atoms with Gasteiger partial charge in [-0.2, -0.15) is 0 Å². The lowest BCUT2D eigenvalue weighted by Crippen LogP contribution is -2.38. The zero-order chi connectivity index (χ0) is 15.2. The minimum atomic E-state index is -0.0414. The predicted octanol–water partition coefficient (Wildman–Crippen LogP) is 1.22. The van der Waals surface area contributed by atoms with Gasteiger partial charge in [-0.3, -0.25) is 9.88 Å². The lowest BCUT2D eigenvalue weighted by Gasteiger charge is -2.27. The van der Waals surface area contributed by atoms with Crippen molar-refractivity contribution < 1.29 is 14.2 Å². The van der Waals surface area contributed by atoms with Crippen LogP contribution in [0.3, 0.4) is 0 Å². The fraction of sp³-hybridized carbons (Fsp3) is 0.667. The highest BCUT2D eigenvalue weighted by Crippen LogP contribution is 2.29. The second-order valence-electron chi connectivity index (χ2n) is 5.40. The molecule has 3 rings (SSSR count). The van der Waals surface area contributed by atoms with E-state index >= 15 is 0 Å². The van der Waals surface area contributed by atoms with Gasteiger partial charge in [0.2, 0.25) is 0 Å². The van der Waals surface area contributed by atoms with Crippen molar-refractivity contribution in [2.45, 2.75) is 6.10 Å². The number of hydrogen-bond acceptors (Lipinski definition) is 6. The quantitative estimate of drug-likeness (QED) is 0.839. The van der Waals surface area contributed by atoms with Crippen molar-refractivity contribution in [2.75, 3.05) is 59.2 Å². The maximum Gasteiger partial charge on any atom is 0.144 e. The summed E-state index contributed by atoms with van der Waals surface area (Å²) >= 11 is 3.46. The molecular weight excluding hydrogens is 350 g/mol. The van der Waals surface area contributed by atoms with Crippen molar-refractivity contribution in [1.29, 1.82) is 0 Å². The SMILES string of the molecule is Brc1cnc(C2CNCCO2)c(OCCN2CCOCC2)c1. The number of aromatic nitrogens is 1. The number of morpholine rings is 2. The number of hydrogen-bond donors (Lipinski definition) is 1. The van der Waals surface area contributed by atoms with Gasteiger partial charge in [-0.1, -0.05) is 0 Å². The van der Waals surface area contributed by atoms with E-state index in [2.05, 4.69) is 31.1 Å². The van der Waals surface area contributed by atoms with Crippen molar-refractivity contribution in [3.63, 3.8) is 0 Å².